The minimum absolute atomic E-state index is 0.0341. The molecule has 10 N–H and O–H groups in total. The molecule has 0 aliphatic heterocycles. The monoisotopic (exact) mass is 483 g/mol. The number of aromatic nitrogens is 2. The number of aliphatic carboxylic acids is 1. The second-order valence-electron chi connectivity index (χ2n) is 8.51. The third-order valence-corrected chi connectivity index (χ3v) is 5.05. The Morgan fingerprint density at radius 3 is 2.18 bits per heavy atom. The quantitative estimate of drug-likeness (QED) is 0.121. The number of carbonyl (C=O) groups is 4. The van der Waals surface area contributed by atoms with Gasteiger partial charge in [-0.25, -0.2) is 9.78 Å². The van der Waals surface area contributed by atoms with Gasteiger partial charge in [0.05, 0.1) is 19.0 Å². The Morgan fingerprint density at radius 1 is 1.03 bits per heavy atom. The number of hydrogen-bond acceptors (Lipinski definition) is 8. The Morgan fingerprint density at radius 2 is 1.65 bits per heavy atom. The van der Waals surface area contributed by atoms with Crippen molar-refractivity contribution in [3.63, 3.8) is 0 Å². The van der Waals surface area contributed by atoms with Crippen molar-refractivity contribution >= 4 is 23.7 Å². The lowest BCUT2D eigenvalue weighted by Crippen LogP contribution is -2.58. The molecule has 0 saturated carbocycles. The molecule has 1 heterocycles. The van der Waals surface area contributed by atoms with Gasteiger partial charge in [0.25, 0.3) is 0 Å². The van der Waals surface area contributed by atoms with Crippen molar-refractivity contribution in [2.45, 2.75) is 70.1 Å². The second-order valence-corrected chi connectivity index (χ2v) is 8.51. The zero-order valence-electron chi connectivity index (χ0n) is 19.6. The van der Waals surface area contributed by atoms with Gasteiger partial charge in [0.2, 0.25) is 17.7 Å². The number of aliphatic hydroxyl groups is 1. The van der Waals surface area contributed by atoms with Crippen molar-refractivity contribution < 1.29 is 29.4 Å². The minimum Gasteiger partial charge on any atom is -0.480 e. The normalized spacial score (nSPS) is 14.6. The molecule has 0 aromatic carbocycles. The number of H-pyrrole nitrogens is 1. The predicted octanol–water partition coefficient (Wildman–Crippen LogP) is -2.01. The molecule has 0 aliphatic carbocycles. The fourth-order valence-corrected chi connectivity index (χ4v) is 3.21. The minimum atomic E-state index is -1.32. The number of nitrogens with zero attached hydrogens (tertiary/aromatic N) is 1. The van der Waals surface area contributed by atoms with Crippen molar-refractivity contribution in [1.82, 2.24) is 25.9 Å². The summed E-state index contributed by atoms with van der Waals surface area (Å²) in [6, 6.07) is -4.54. The molecule has 0 fully saturated rings. The topological polar surface area (TPSA) is 226 Å². The molecule has 1 aromatic heterocycles. The van der Waals surface area contributed by atoms with Gasteiger partial charge < -0.3 is 42.6 Å². The van der Waals surface area contributed by atoms with E-state index in [1.165, 1.54) is 12.5 Å². The van der Waals surface area contributed by atoms with Crippen LogP contribution >= 0.6 is 0 Å². The zero-order chi connectivity index (χ0) is 25.7. The summed E-state index contributed by atoms with van der Waals surface area (Å²) in [5.74, 6) is -3.20. The number of nitrogens with one attached hydrogen (secondary N) is 4. The maximum absolute atomic E-state index is 12.9. The van der Waals surface area contributed by atoms with E-state index in [4.69, 9.17) is 11.5 Å². The van der Waals surface area contributed by atoms with Gasteiger partial charge in [0, 0.05) is 18.3 Å². The van der Waals surface area contributed by atoms with Crippen molar-refractivity contribution in [2.75, 3.05) is 13.2 Å². The molecule has 0 spiro atoms. The Hall–Kier alpha value is -3.03. The van der Waals surface area contributed by atoms with E-state index in [1.54, 1.807) is 0 Å². The van der Waals surface area contributed by atoms with E-state index in [0.29, 0.717) is 31.5 Å². The van der Waals surface area contributed by atoms with Gasteiger partial charge in [0.15, 0.2) is 0 Å². The van der Waals surface area contributed by atoms with Gasteiger partial charge in [-0.15, -0.1) is 0 Å². The third-order valence-electron chi connectivity index (χ3n) is 5.05. The summed E-state index contributed by atoms with van der Waals surface area (Å²) < 4.78 is 0. The summed E-state index contributed by atoms with van der Waals surface area (Å²) in [6.45, 7) is 3.46. The summed E-state index contributed by atoms with van der Waals surface area (Å²) in [6.07, 6.45) is 4.45. The van der Waals surface area contributed by atoms with Crippen LogP contribution in [-0.4, -0.2) is 81.2 Å². The lowest BCUT2D eigenvalue weighted by atomic mass is 10.0. The van der Waals surface area contributed by atoms with Crippen LogP contribution in [0.5, 0.6) is 0 Å². The van der Waals surface area contributed by atoms with E-state index in [-0.39, 0.29) is 18.8 Å². The summed E-state index contributed by atoms with van der Waals surface area (Å²) in [5.41, 5.74) is 11.8. The van der Waals surface area contributed by atoms with Gasteiger partial charge in [0.1, 0.15) is 18.1 Å². The van der Waals surface area contributed by atoms with E-state index in [2.05, 4.69) is 25.9 Å². The Balaban J connectivity index is 2.86. The smallest absolute Gasteiger partial charge is 0.326 e. The number of aromatic amines is 1. The molecule has 192 valence electrons. The fourth-order valence-electron chi connectivity index (χ4n) is 3.21. The summed E-state index contributed by atoms with van der Waals surface area (Å²) >= 11 is 0. The van der Waals surface area contributed by atoms with Crippen LogP contribution in [0.4, 0.5) is 0 Å². The zero-order valence-corrected chi connectivity index (χ0v) is 19.6. The highest BCUT2D eigenvalue weighted by Gasteiger charge is 2.30. The second kappa shape index (κ2) is 15.0. The van der Waals surface area contributed by atoms with Crippen LogP contribution in [0.2, 0.25) is 0 Å². The van der Waals surface area contributed by atoms with Crippen LogP contribution in [0.3, 0.4) is 0 Å². The number of carboxylic acid groups (broad SMARTS) is 1. The molecule has 0 radical (unpaired) electrons. The number of unbranched alkanes of at least 4 members (excludes halogenated alkanes) is 1. The Kier molecular flexibility index (Phi) is 12.8. The summed E-state index contributed by atoms with van der Waals surface area (Å²) in [4.78, 5) is 56.1. The number of hydrogen-bond donors (Lipinski definition) is 8. The molecule has 4 unspecified atom stereocenters. The molecule has 34 heavy (non-hydrogen) atoms. The highest BCUT2D eigenvalue weighted by molar-refractivity contribution is 5.94. The highest BCUT2D eigenvalue weighted by Crippen LogP contribution is 2.06. The number of carbonyl (C=O) groups excluding carboxylic acids is 3. The Bertz CT molecular complexity index is 787. The lowest BCUT2D eigenvalue weighted by molar-refractivity contribution is -0.142. The van der Waals surface area contributed by atoms with Crippen LogP contribution in [0.25, 0.3) is 0 Å². The molecule has 3 amide bonds. The van der Waals surface area contributed by atoms with Crippen LogP contribution in [0.1, 0.15) is 45.2 Å². The van der Waals surface area contributed by atoms with Crippen molar-refractivity contribution in [3.05, 3.63) is 18.2 Å². The first-order valence-electron chi connectivity index (χ1n) is 11.3. The number of carboxylic acids is 1. The first-order chi connectivity index (χ1) is 16.1. The highest BCUT2D eigenvalue weighted by atomic mass is 16.4. The molecule has 0 aliphatic rings. The standard InChI is InChI=1S/C21H37N7O6/c1-12(2)7-14(23)18(30)28-17(10-29)20(32)26-15(5-3-4-6-22)19(31)27-16(21(33)34)8-13-9-24-11-25-13/h9,11-12,14-17,29H,3-8,10,22-23H2,1-2H3,(H,24,25)(H,26,32)(H,27,31)(H,28,30)(H,33,34). The summed E-state index contributed by atoms with van der Waals surface area (Å²) in [5, 5.41) is 26.4. The van der Waals surface area contributed by atoms with E-state index in [1.807, 2.05) is 13.8 Å². The molecular formula is C21H37N7O6. The number of amides is 3. The van der Waals surface area contributed by atoms with Crippen LogP contribution in [0, 0.1) is 5.92 Å². The number of imidazole rings is 1. The molecular weight excluding hydrogens is 446 g/mol. The summed E-state index contributed by atoms with van der Waals surface area (Å²) in [7, 11) is 0. The molecule has 1 rings (SSSR count). The molecule has 0 saturated heterocycles. The molecule has 1 aromatic rings. The third kappa shape index (κ3) is 10.3. The number of rotatable bonds is 16. The lowest BCUT2D eigenvalue weighted by Gasteiger charge is -2.24. The van der Waals surface area contributed by atoms with Crippen molar-refractivity contribution in [2.24, 2.45) is 17.4 Å². The van der Waals surface area contributed by atoms with Gasteiger partial charge >= 0.3 is 5.97 Å². The van der Waals surface area contributed by atoms with E-state index in [9.17, 15) is 29.4 Å². The largest absolute Gasteiger partial charge is 0.480 e. The van der Waals surface area contributed by atoms with Crippen LogP contribution in [0.15, 0.2) is 12.5 Å². The molecule has 13 nitrogen and oxygen atoms in total. The van der Waals surface area contributed by atoms with E-state index >= 15 is 0 Å². The maximum atomic E-state index is 12.9. The SMILES string of the molecule is CC(C)CC(N)C(=O)NC(CO)C(=O)NC(CCCCN)C(=O)NC(Cc1cnc[nH]1)C(=O)O. The van der Waals surface area contributed by atoms with E-state index < -0.39 is 54.5 Å². The van der Waals surface area contributed by atoms with Crippen molar-refractivity contribution in [3.8, 4) is 0 Å². The number of aliphatic hydroxyl groups excluding tert-OH is 1. The van der Waals surface area contributed by atoms with Gasteiger partial charge in [-0.3, -0.25) is 14.4 Å². The number of nitrogens with two attached hydrogens (primary N) is 2. The first-order valence-corrected chi connectivity index (χ1v) is 11.3. The molecule has 4 atom stereocenters. The average molecular weight is 484 g/mol. The van der Waals surface area contributed by atoms with Crippen LogP contribution < -0.4 is 27.4 Å². The van der Waals surface area contributed by atoms with E-state index in [0.717, 1.165) is 0 Å². The van der Waals surface area contributed by atoms with Crippen LogP contribution in [-0.2, 0) is 25.6 Å². The van der Waals surface area contributed by atoms with Crippen molar-refractivity contribution in [1.29, 1.82) is 0 Å². The van der Waals surface area contributed by atoms with Gasteiger partial charge in [-0.05, 0) is 38.1 Å². The Labute approximate surface area is 198 Å². The average Bonchev–Trinajstić information content (AvgIpc) is 3.28. The molecule has 0 bridgehead atoms. The van der Waals surface area contributed by atoms with Gasteiger partial charge in [-0.1, -0.05) is 13.8 Å². The predicted molar refractivity (Wildman–Crippen MR) is 123 cm³/mol. The molecule has 13 heteroatoms. The fraction of sp³-hybridized carbons (Fsp3) is 0.667. The van der Waals surface area contributed by atoms with Gasteiger partial charge in [-0.2, -0.15) is 0 Å². The first kappa shape index (κ1) is 29.0. The maximum Gasteiger partial charge on any atom is 0.326 e.